The van der Waals surface area contributed by atoms with Gasteiger partial charge in [0.25, 0.3) is 0 Å². The van der Waals surface area contributed by atoms with Crippen LogP contribution in [0.25, 0.3) is 0 Å². The molecule has 0 bridgehead atoms. The second-order valence-corrected chi connectivity index (χ2v) is 16.7. The first-order valence-electron chi connectivity index (χ1n) is 25.1. The first kappa shape index (κ1) is 56.4. The average molecular weight is 827 g/mol. The molecule has 0 fully saturated rings. The third kappa shape index (κ3) is 46.3. The van der Waals surface area contributed by atoms with Gasteiger partial charge in [-0.25, -0.2) is 0 Å². The Morgan fingerprint density at radius 2 is 0.627 bits per heavy atom. The van der Waals surface area contributed by atoms with E-state index in [2.05, 4.69) is 69.4 Å². The lowest BCUT2D eigenvalue weighted by Crippen LogP contribution is -2.30. The van der Waals surface area contributed by atoms with Crippen LogP contribution in [0, 0.1) is 0 Å². The van der Waals surface area contributed by atoms with Crippen LogP contribution in [0.2, 0.25) is 0 Å². The Kier molecular flexibility index (Phi) is 45.9. The van der Waals surface area contributed by atoms with Gasteiger partial charge in [0, 0.05) is 19.3 Å². The van der Waals surface area contributed by atoms with Gasteiger partial charge in [-0.1, -0.05) is 204 Å². The third-order valence-electron chi connectivity index (χ3n) is 10.8. The van der Waals surface area contributed by atoms with E-state index in [1.807, 2.05) is 0 Å². The molecule has 0 aromatic rings. The van der Waals surface area contributed by atoms with Crippen molar-refractivity contribution < 1.29 is 28.6 Å². The number of carbonyl (C=O) groups is 3. The summed E-state index contributed by atoms with van der Waals surface area (Å²) in [5.74, 6) is -0.950. The summed E-state index contributed by atoms with van der Waals surface area (Å²) in [6.45, 7) is 6.56. The number of ether oxygens (including phenoxy) is 3. The quantitative estimate of drug-likeness (QED) is 0.0263. The third-order valence-corrected chi connectivity index (χ3v) is 10.8. The molecule has 0 N–H and O–H groups in total. The molecule has 6 nitrogen and oxygen atoms in total. The maximum Gasteiger partial charge on any atom is 0.306 e. The summed E-state index contributed by atoms with van der Waals surface area (Å²) in [6, 6.07) is 0. The Balaban J connectivity index is 4.43. The number of hydrogen-bond donors (Lipinski definition) is 0. The molecule has 0 aliphatic heterocycles. The Morgan fingerprint density at radius 1 is 0.339 bits per heavy atom. The number of esters is 3. The van der Waals surface area contributed by atoms with E-state index in [-0.39, 0.29) is 37.5 Å². The lowest BCUT2D eigenvalue weighted by atomic mass is 10.1. The van der Waals surface area contributed by atoms with Gasteiger partial charge < -0.3 is 14.2 Å². The van der Waals surface area contributed by atoms with Crippen molar-refractivity contribution in [3.63, 3.8) is 0 Å². The van der Waals surface area contributed by atoms with E-state index in [4.69, 9.17) is 14.2 Å². The van der Waals surface area contributed by atoms with Crippen LogP contribution in [0.15, 0.2) is 48.6 Å². The van der Waals surface area contributed by atoms with Gasteiger partial charge in [-0.05, 0) is 77.0 Å². The molecule has 0 aliphatic carbocycles. The Bertz CT molecular complexity index is 1040. The summed E-state index contributed by atoms with van der Waals surface area (Å²) >= 11 is 0. The lowest BCUT2D eigenvalue weighted by Gasteiger charge is -2.18. The van der Waals surface area contributed by atoms with Crippen molar-refractivity contribution in [2.75, 3.05) is 13.2 Å². The number of carbonyl (C=O) groups excluding carboxylic acids is 3. The standard InChI is InChI=1S/C53H94O6/c1-4-7-10-13-16-19-22-24-25-26-27-29-32-34-37-40-43-46-52(55)58-49-50(59-53(56)47-44-41-38-35-30-21-18-15-12-9-6-3)48-57-51(54)45-42-39-36-33-31-28-23-20-17-14-11-8-5-2/h20,23-25,27,29,34,37,50H,4-19,21-22,26,28,30-33,35-36,38-49H2,1-3H3/b23-20-,25-24-,29-27-,37-34-/t50-/m0/s1. The first-order chi connectivity index (χ1) is 29.0. The van der Waals surface area contributed by atoms with Gasteiger partial charge in [-0.2, -0.15) is 0 Å². The van der Waals surface area contributed by atoms with Gasteiger partial charge in [-0.15, -0.1) is 0 Å². The molecule has 0 spiro atoms. The average Bonchev–Trinajstić information content (AvgIpc) is 3.23. The zero-order valence-corrected chi connectivity index (χ0v) is 39.0. The van der Waals surface area contributed by atoms with Crippen molar-refractivity contribution in [2.45, 2.75) is 258 Å². The molecule has 59 heavy (non-hydrogen) atoms. The van der Waals surface area contributed by atoms with Crippen LogP contribution in [-0.4, -0.2) is 37.2 Å². The molecule has 6 heteroatoms. The van der Waals surface area contributed by atoms with E-state index in [1.54, 1.807) is 0 Å². The summed E-state index contributed by atoms with van der Waals surface area (Å²) in [7, 11) is 0. The van der Waals surface area contributed by atoms with Crippen molar-refractivity contribution in [1.29, 1.82) is 0 Å². The molecule has 0 aromatic heterocycles. The predicted octanol–water partition coefficient (Wildman–Crippen LogP) is 16.3. The van der Waals surface area contributed by atoms with E-state index in [9.17, 15) is 14.4 Å². The summed E-state index contributed by atoms with van der Waals surface area (Å²) in [4.78, 5) is 37.8. The SMILES string of the molecule is CCCCCC/C=C\CCCCCCCC(=O)OC[C@@H](COC(=O)CCC/C=C\C/C=C\C/C=C\CCCCCCCC)OC(=O)CCCCCCCCCCCCC. The molecular formula is C53H94O6. The molecule has 1 atom stereocenters. The summed E-state index contributed by atoms with van der Waals surface area (Å²) in [5, 5.41) is 0. The zero-order valence-electron chi connectivity index (χ0n) is 39.0. The van der Waals surface area contributed by atoms with Crippen LogP contribution < -0.4 is 0 Å². The number of hydrogen-bond acceptors (Lipinski definition) is 6. The van der Waals surface area contributed by atoms with Crippen LogP contribution in [0.4, 0.5) is 0 Å². The molecular weight excluding hydrogens is 733 g/mol. The highest BCUT2D eigenvalue weighted by molar-refractivity contribution is 5.71. The van der Waals surface area contributed by atoms with E-state index in [0.717, 1.165) is 64.2 Å². The molecule has 342 valence electrons. The van der Waals surface area contributed by atoms with Gasteiger partial charge >= 0.3 is 17.9 Å². The second kappa shape index (κ2) is 48.0. The van der Waals surface area contributed by atoms with Gasteiger partial charge in [0.15, 0.2) is 6.10 Å². The Morgan fingerprint density at radius 3 is 1.05 bits per heavy atom. The van der Waals surface area contributed by atoms with Crippen molar-refractivity contribution in [1.82, 2.24) is 0 Å². The van der Waals surface area contributed by atoms with Crippen molar-refractivity contribution in [2.24, 2.45) is 0 Å². The van der Waals surface area contributed by atoms with Crippen LogP contribution in [0.3, 0.4) is 0 Å². The predicted molar refractivity (Wildman–Crippen MR) is 252 cm³/mol. The van der Waals surface area contributed by atoms with E-state index in [1.165, 1.54) is 141 Å². The van der Waals surface area contributed by atoms with Gasteiger partial charge in [-0.3, -0.25) is 14.4 Å². The highest BCUT2D eigenvalue weighted by Crippen LogP contribution is 2.14. The topological polar surface area (TPSA) is 78.9 Å². The summed E-state index contributed by atoms with van der Waals surface area (Å²) in [5.41, 5.74) is 0. The Hall–Kier alpha value is -2.63. The summed E-state index contributed by atoms with van der Waals surface area (Å²) in [6.07, 6.45) is 56.7. The van der Waals surface area contributed by atoms with Crippen LogP contribution in [-0.2, 0) is 28.6 Å². The van der Waals surface area contributed by atoms with Crippen LogP contribution in [0.1, 0.15) is 252 Å². The minimum Gasteiger partial charge on any atom is -0.462 e. The molecule has 0 unspecified atom stereocenters. The van der Waals surface area contributed by atoms with Crippen LogP contribution in [0.5, 0.6) is 0 Å². The molecule has 0 rings (SSSR count). The largest absolute Gasteiger partial charge is 0.462 e. The van der Waals surface area contributed by atoms with Crippen molar-refractivity contribution in [3.05, 3.63) is 48.6 Å². The van der Waals surface area contributed by atoms with Gasteiger partial charge in [0.05, 0.1) is 0 Å². The highest BCUT2D eigenvalue weighted by atomic mass is 16.6. The van der Waals surface area contributed by atoms with Crippen molar-refractivity contribution in [3.8, 4) is 0 Å². The maximum absolute atomic E-state index is 12.7. The van der Waals surface area contributed by atoms with Crippen LogP contribution >= 0.6 is 0 Å². The highest BCUT2D eigenvalue weighted by Gasteiger charge is 2.19. The molecule has 0 heterocycles. The molecule has 0 aliphatic rings. The summed E-state index contributed by atoms with van der Waals surface area (Å²) < 4.78 is 16.7. The Labute approximate surface area is 365 Å². The molecule has 0 saturated carbocycles. The van der Waals surface area contributed by atoms with Crippen molar-refractivity contribution >= 4 is 17.9 Å². The van der Waals surface area contributed by atoms with E-state index >= 15 is 0 Å². The minimum atomic E-state index is -0.792. The lowest BCUT2D eigenvalue weighted by molar-refractivity contribution is -0.167. The number of unbranched alkanes of at least 4 members (excludes halogenated alkanes) is 26. The number of rotatable bonds is 45. The monoisotopic (exact) mass is 827 g/mol. The smallest absolute Gasteiger partial charge is 0.306 e. The van der Waals surface area contributed by atoms with E-state index in [0.29, 0.717) is 19.3 Å². The van der Waals surface area contributed by atoms with E-state index < -0.39 is 6.10 Å². The molecule has 0 amide bonds. The molecule has 0 saturated heterocycles. The van der Waals surface area contributed by atoms with Gasteiger partial charge in [0.1, 0.15) is 13.2 Å². The second-order valence-electron chi connectivity index (χ2n) is 16.7. The molecule has 0 radical (unpaired) electrons. The number of allylic oxidation sites excluding steroid dienone is 8. The fourth-order valence-electron chi connectivity index (χ4n) is 6.98. The maximum atomic E-state index is 12.7. The fourth-order valence-corrected chi connectivity index (χ4v) is 6.98. The minimum absolute atomic E-state index is 0.0912. The van der Waals surface area contributed by atoms with Gasteiger partial charge in [0.2, 0.25) is 0 Å². The zero-order chi connectivity index (χ0) is 43.0. The normalized spacial score (nSPS) is 12.4. The first-order valence-corrected chi connectivity index (χ1v) is 25.1. The fraction of sp³-hybridized carbons (Fsp3) is 0.792. The molecule has 0 aromatic carbocycles.